The van der Waals surface area contributed by atoms with Crippen molar-refractivity contribution in [2.45, 2.75) is 45.8 Å². The molecule has 0 aromatic rings. The fourth-order valence-electron chi connectivity index (χ4n) is 0.537. The second-order valence-electron chi connectivity index (χ2n) is 2.62. The molecule has 3 N–H and O–H groups in total. The van der Waals surface area contributed by atoms with E-state index in [0.717, 1.165) is 13.3 Å². The van der Waals surface area contributed by atoms with Crippen molar-refractivity contribution in [3.8, 4) is 0 Å². The van der Waals surface area contributed by atoms with Crippen LogP contribution in [-0.4, -0.2) is 33.5 Å². The van der Waals surface area contributed by atoms with Crippen LogP contribution in [0.3, 0.4) is 0 Å². The molecule has 0 aliphatic rings. The molecule has 0 amide bonds. The average Bonchev–Trinajstić information content (AvgIpc) is 1.86. The summed E-state index contributed by atoms with van der Waals surface area (Å²) in [5.41, 5.74) is 0. The quantitative estimate of drug-likeness (QED) is 0.592. The Morgan fingerprint density at radius 2 is 1.75 bits per heavy atom. The van der Waals surface area contributed by atoms with Gasteiger partial charge in [-0.3, -0.25) is 4.79 Å². The fraction of sp³-hybridized carbons (Fsp3) is 0.875. The molecule has 0 saturated carbocycles. The van der Waals surface area contributed by atoms with Crippen LogP contribution in [0.1, 0.15) is 33.6 Å². The van der Waals surface area contributed by atoms with Crippen molar-refractivity contribution in [1.82, 2.24) is 0 Å². The van der Waals surface area contributed by atoms with Crippen molar-refractivity contribution in [2.75, 3.05) is 0 Å². The van der Waals surface area contributed by atoms with Crippen LogP contribution < -0.4 is 0 Å². The lowest BCUT2D eigenvalue weighted by molar-refractivity contribution is -0.134. The molecule has 0 aromatic carbocycles. The standard InChI is InChI=1S/C6H14O2.C2H4O2/c1-3-4-6(8)5(2)7;1-2(3)4/h5-8H,3-4H2,1-2H3;1H3,(H,3,4). The van der Waals surface area contributed by atoms with Crippen molar-refractivity contribution in [2.24, 2.45) is 0 Å². The van der Waals surface area contributed by atoms with E-state index in [-0.39, 0.29) is 0 Å². The molecule has 0 aromatic heterocycles. The van der Waals surface area contributed by atoms with Gasteiger partial charge in [-0.15, -0.1) is 0 Å². The average molecular weight is 178 g/mol. The summed E-state index contributed by atoms with van der Waals surface area (Å²) >= 11 is 0. The minimum absolute atomic E-state index is 0.528. The Bertz CT molecular complexity index is 108. The fourth-order valence-corrected chi connectivity index (χ4v) is 0.537. The number of aliphatic hydroxyl groups is 2. The van der Waals surface area contributed by atoms with Gasteiger partial charge in [-0.05, 0) is 13.3 Å². The number of rotatable bonds is 3. The first kappa shape index (κ1) is 13.9. The molecule has 12 heavy (non-hydrogen) atoms. The number of carboxylic acid groups (broad SMARTS) is 1. The van der Waals surface area contributed by atoms with Crippen molar-refractivity contribution < 1.29 is 20.1 Å². The van der Waals surface area contributed by atoms with E-state index in [9.17, 15) is 0 Å². The van der Waals surface area contributed by atoms with Gasteiger partial charge in [0.25, 0.3) is 5.97 Å². The van der Waals surface area contributed by atoms with Gasteiger partial charge < -0.3 is 15.3 Å². The van der Waals surface area contributed by atoms with Crippen LogP contribution in [0.2, 0.25) is 0 Å². The molecule has 0 bridgehead atoms. The molecular weight excluding hydrogens is 160 g/mol. The molecule has 2 unspecified atom stereocenters. The van der Waals surface area contributed by atoms with Crippen LogP contribution in [0.4, 0.5) is 0 Å². The maximum absolute atomic E-state index is 9.00. The molecular formula is C8H18O4. The summed E-state index contributed by atoms with van der Waals surface area (Å²) in [5, 5.41) is 25.0. The van der Waals surface area contributed by atoms with E-state index in [4.69, 9.17) is 20.1 Å². The topological polar surface area (TPSA) is 77.8 Å². The number of hydrogen-bond donors (Lipinski definition) is 3. The van der Waals surface area contributed by atoms with E-state index >= 15 is 0 Å². The van der Waals surface area contributed by atoms with E-state index in [0.29, 0.717) is 6.42 Å². The third-order valence-electron chi connectivity index (χ3n) is 1.14. The minimum Gasteiger partial charge on any atom is -0.481 e. The first-order valence-corrected chi connectivity index (χ1v) is 3.97. The summed E-state index contributed by atoms with van der Waals surface area (Å²) < 4.78 is 0. The zero-order chi connectivity index (χ0) is 10.1. The highest BCUT2D eigenvalue weighted by molar-refractivity contribution is 5.62. The molecule has 0 spiro atoms. The number of aliphatic hydroxyl groups excluding tert-OH is 2. The molecule has 0 fully saturated rings. The van der Waals surface area contributed by atoms with Crippen LogP contribution in [0.15, 0.2) is 0 Å². The molecule has 4 heteroatoms. The Labute approximate surface area is 72.8 Å². The van der Waals surface area contributed by atoms with Gasteiger partial charge >= 0.3 is 0 Å². The summed E-state index contributed by atoms with van der Waals surface area (Å²) in [6.07, 6.45) is 0.513. The van der Waals surface area contributed by atoms with Crippen LogP contribution in [-0.2, 0) is 4.79 Å². The summed E-state index contributed by atoms with van der Waals surface area (Å²) in [6.45, 7) is 4.66. The summed E-state index contributed by atoms with van der Waals surface area (Å²) in [4.78, 5) is 9.00. The number of carboxylic acids is 1. The molecule has 0 saturated heterocycles. The van der Waals surface area contributed by atoms with E-state index in [1.54, 1.807) is 6.92 Å². The van der Waals surface area contributed by atoms with Gasteiger partial charge in [-0.25, -0.2) is 0 Å². The largest absolute Gasteiger partial charge is 0.481 e. The first-order valence-electron chi connectivity index (χ1n) is 3.97. The highest BCUT2D eigenvalue weighted by Crippen LogP contribution is 1.99. The molecule has 0 aliphatic heterocycles. The Morgan fingerprint density at radius 3 is 1.83 bits per heavy atom. The van der Waals surface area contributed by atoms with Gasteiger partial charge in [0.15, 0.2) is 0 Å². The predicted octanol–water partition coefficient (Wildman–Crippen LogP) is 0.619. The maximum atomic E-state index is 9.00. The third-order valence-corrected chi connectivity index (χ3v) is 1.14. The molecule has 0 rings (SSSR count). The van der Waals surface area contributed by atoms with Crippen molar-refractivity contribution in [1.29, 1.82) is 0 Å². The lowest BCUT2D eigenvalue weighted by Crippen LogP contribution is -2.21. The Balaban J connectivity index is 0. The van der Waals surface area contributed by atoms with Gasteiger partial charge in [-0.1, -0.05) is 13.3 Å². The van der Waals surface area contributed by atoms with E-state index in [1.165, 1.54) is 0 Å². The van der Waals surface area contributed by atoms with Crippen molar-refractivity contribution in [3.63, 3.8) is 0 Å². The monoisotopic (exact) mass is 178 g/mol. The van der Waals surface area contributed by atoms with Gasteiger partial charge in [0.2, 0.25) is 0 Å². The number of aliphatic carboxylic acids is 1. The highest BCUT2D eigenvalue weighted by atomic mass is 16.4. The lowest BCUT2D eigenvalue weighted by Gasteiger charge is -2.10. The van der Waals surface area contributed by atoms with Crippen molar-refractivity contribution in [3.05, 3.63) is 0 Å². The van der Waals surface area contributed by atoms with Crippen LogP contribution in [0, 0.1) is 0 Å². The molecule has 0 heterocycles. The summed E-state index contributed by atoms with van der Waals surface area (Å²) in [6, 6.07) is 0. The zero-order valence-electron chi connectivity index (χ0n) is 7.82. The van der Waals surface area contributed by atoms with Gasteiger partial charge in [0.1, 0.15) is 0 Å². The van der Waals surface area contributed by atoms with Crippen LogP contribution in [0.5, 0.6) is 0 Å². The van der Waals surface area contributed by atoms with Gasteiger partial charge in [0.05, 0.1) is 12.2 Å². The molecule has 74 valence electrons. The third kappa shape index (κ3) is 16.2. The number of hydrogen-bond acceptors (Lipinski definition) is 3. The van der Waals surface area contributed by atoms with Gasteiger partial charge in [-0.2, -0.15) is 0 Å². The highest BCUT2D eigenvalue weighted by Gasteiger charge is 2.07. The summed E-state index contributed by atoms with van der Waals surface area (Å²) in [7, 11) is 0. The maximum Gasteiger partial charge on any atom is 0.300 e. The Hall–Kier alpha value is -0.610. The second kappa shape index (κ2) is 8.49. The SMILES string of the molecule is CC(=O)O.CCCC(O)C(C)O. The Kier molecular flexibility index (Phi) is 9.86. The predicted molar refractivity (Wildman–Crippen MR) is 45.9 cm³/mol. The van der Waals surface area contributed by atoms with E-state index in [1.807, 2.05) is 6.92 Å². The first-order chi connectivity index (χ1) is 5.41. The minimum atomic E-state index is -0.833. The second-order valence-corrected chi connectivity index (χ2v) is 2.62. The van der Waals surface area contributed by atoms with Crippen LogP contribution in [0.25, 0.3) is 0 Å². The van der Waals surface area contributed by atoms with Crippen molar-refractivity contribution >= 4 is 5.97 Å². The smallest absolute Gasteiger partial charge is 0.300 e. The Morgan fingerprint density at radius 1 is 1.42 bits per heavy atom. The van der Waals surface area contributed by atoms with E-state index < -0.39 is 18.2 Å². The molecule has 4 nitrogen and oxygen atoms in total. The zero-order valence-corrected chi connectivity index (χ0v) is 7.82. The lowest BCUT2D eigenvalue weighted by atomic mass is 10.1. The molecule has 0 aliphatic carbocycles. The molecule has 2 atom stereocenters. The van der Waals surface area contributed by atoms with E-state index in [2.05, 4.69) is 0 Å². The number of carbonyl (C=O) groups is 1. The van der Waals surface area contributed by atoms with Gasteiger partial charge in [0, 0.05) is 6.92 Å². The van der Waals surface area contributed by atoms with Crippen LogP contribution >= 0.6 is 0 Å². The summed E-state index contributed by atoms with van der Waals surface area (Å²) in [5.74, 6) is -0.833. The normalized spacial score (nSPS) is 14.1. The molecule has 0 radical (unpaired) electrons.